The van der Waals surface area contributed by atoms with Gasteiger partial charge >= 0.3 is 5.69 Å². The quantitative estimate of drug-likeness (QED) is 0.572. The van der Waals surface area contributed by atoms with Crippen molar-refractivity contribution in [3.05, 3.63) is 61.8 Å². The molecule has 24 heavy (non-hydrogen) atoms. The predicted molar refractivity (Wildman–Crippen MR) is 87.8 cm³/mol. The maximum atomic E-state index is 12.4. The zero-order chi connectivity index (χ0) is 17.4. The van der Waals surface area contributed by atoms with Crippen LogP contribution in [-0.4, -0.2) is 17.1 Å². The number of nitro benzene ring substituents is 1. The molecule has 3 rings (SSSR count). The van der Waals surface area contributed by atoms with Crippen LogP contribution in [0.4, 0.5) is 5.69 Å². The van der Waals surface area contributed by atoms with Gasteiger partial charge in [-0.05, 0) is 30.3 Å². The van der Waals surface area contributed by atoms with Crippen molar-refractivity contribution in [3.8, 4) is 22.8 Å². The van der Waals surface area contributed by atoms with Gasteiger partial charge in [0.15, 0.2) is 5.76 Å². The monoisotopic (exact) mass is 347 g/mol. The molecule has 7 nitrogen and oxygen atoms in total. The highest BCUT2D eigenvalue weighted by atomic mass is 35.5. The van der Waals surface area contributed by atoms with Gasteiger partial charge in [0, 0.05) is 16.7 Å². The summed E-state index contributed by atoms with van der Waals surface area (Å²) < 4.78 is 10.5. The fourth-order valence-electron chi connectivity index (χ4n) is 2.31. The molecule has 0 radical (unpaired) electrons. The lowest BCUT2D eigenvalue weighted by molar-refractivity contribution is -0.383. The average molecular weight is 348 g/mol. The fourth-order valence-corrected chi connectivity index (χ4v) is 2.52. The third kappa shape index (κ3) is 2.55. The van der Waals surface area contributed by atoms with Gasteiger partial charge in [-0.2, -0.15) is 0 Å². The van der Waals surface area contributed by atoms with Crippen molar-refractivity contribution in [1.82, 2.24) is 0 Å². The Hall–Kier alpha value is -3.06. The smallest absolute Gasteiger partial charge is 0.313 e. The molecule has 0 aliphatic heterocycles. The van der Waals surface area contributed by atoms with E-state index in [0.717, 1.165) is 6.07 Å². The van der Waals surface area contributed by atoms with Crippen LogP contribution in [0.3, 0.4) is 0 Å². The molecule has 0 spiro atoms. The van der Waals surface area contributed by atoms with Gasteiger partial charge in [-0.15, -0.1) is 0 Å². The van der Waals surface area contributed by atoms with Crippen LogP contribution < -0.4 is 10.2 Å². The second kappa shape index (κ2) is 5.86. The Bertz CT molecular complexity index is 1010. The van der Waals surface area contributed by atoms with Crippen LogP contribution in [0.15, 0.2) is 45.6 Å². The molecule has 8 heteroatoms. The molecule has 0 atom stereocenters. The Kier molecular flexibility index (Phi) is 3.86. The first-order chi connectivity index (χ1) is 11.4. The van der Waals surface area contributed by atoms with Crippen molar-refractivity contribution in [2.75, 3.05) is 7.11 Å². The van der Waals surface area contributed by atoms with E-state index in [9.17, 15) is 20.0 Å². The Balaban J connectivity index is 2.35. The summed E-state index contributed by atoms with van der Waals surface area (Å²) in [6.07, 6.45) is 0. The highest BCUT2D eigenvalue weighted by molar-refractivity contribution is 6.31. The fraction of sp³-hybridized carbons (Fsp3) is 0.0625. The van der Waals surface area contributed by atoms with E-state index in [1.54, 1.807) is 24.3 Å². The van der Waals surface area contributed by atoms with E-state index in [1.807, 2.05) is 0 Å². The predicted octanol–water partition coefficient (Wildman–Crippen LogP) is 3.74. The third-order valence-corrected chi connectivity index (χ3v) is 3.68. The van der Waals surface area contributed by atoms with Gasteiger partial charge < -0.3 is 14.3 Å². The lowest BCUT2D eigenvalue weighted by Crippen LogP contribution is -2.04. The molecular formula is C16H10ClNO6. The van der Waals surface area contributed by atoms with Gasteiger partial charge in [0.05, 0.1) is 17.4 Å². The van der Waals surface area contributed by atoms with E-state index in [1.165, 1.54) is 13.2 Å². The van der Waals surface area contributed by atoms with Gasteiger partial charge in [0.25, 0.3) is 0 Å². The van der Waals surface area contributed by atoms with E-state index in [2.05, 4.69) is 0 Å². The minimum atomic E-state index is -0.798. The normalized spacial score (nSPS) is 10.8. The number of benzene rings is 2. The van der Waals surface area contributed by atoms with E-state index in [-0.39, 0.29) is 21.8 Å². The Morgan fingerprint density at radius 3 is 2.50 bits per heavy atom. The van der Waals surface area contributed by atoms with Crippen molar-refractivity contribution in [3.63, 3.8) is 0 Å². The number of aromatic hydroxyl groups is 1. The van der Waals surface area contributed by atoms with Crippen LogP contribution in [0, 0.1) is 10.1 Å². The highest BCUT2D eigenvalue weighted by Gasteiger charge is 2.23. The van der Waals surface area contributed by atoms with Crippen molar-refractivity contribution >= 4 is 28.3 Å². The van der Waals surface area contributed by atoms with Crippen molar-refractivity contribution in [2.24, 2.45) is 0 Å². The lowest BCUT2D eigenvalue weighted by atomic mass is 10.1. The first-order valence-corrected chi connectivity index (χ1v) is 7.08. The Labute approximate surface area is 139 Å². The van der Waals surface area contributed by atoms with Crippen molar-refractivity contribution in [2.45, 2.75) is 0 Å². The lowest BCUT2D eigenvalue weighted by Gasteiger charge is -2.07. The van der Waals surface area contributed by atoms with Crippen molar-refractivity contribution in [1.29, 1.82) is 0 Å². The number of rotatable bonds is 3. The maximum absolute atomic E-state index is 12.4. The molecule has 1 heterocycles. The highest BCUT2D eigenvalue weighted by Crippen LogP contribution is 2.35. The molecule has 0 fully saturated rings. The van der Waals surface area contributed by atoms with Crippen LogP contribution in [0.25, 0.3) is 22.3 Å². The molecule has 1 N–H and O–H groups in total. The number of hydrogen-bond donors (Lipinski definition) is 1. The van der Waals surface area contributed by atoms with Gasteiger partial charge in [-0.3, -0.25) is 14.9 Å². The molecule has 0 unspecified atom stereocenters. The van der Waals surface area contributed by atoms with Crippen LogP contribution in [-0.2, 0) is 0 Å². The SMILES string of the molecule is COc1ccc(-c2oc3c([N+](=O)[O-])cc(Cl)cc3c(=O)c2O)cc1. The van der Waals surface area contributed by atoms with Crippen LogP contribution in [0.2, 0.25) is 5.02 Å². The summed E-state index contributed by atoms with van der Waals surface area (Å²) in [5.74, 6) is -0.246. The number of methoxy groups -OCH3 is 1. The van der Waals surface area contributed by atoms with Gasteiger partial charge in [0.1, 0.15) is 5.75 Å². The largest absolute Gasteiger partial charge is 0.502 e. The summed E-state index contributed by atoms with van der Waals surface area (Å²) in [4.78, 5) is 22.9. The first kappa shape index (κ1) is 15.8. The summed E-state index contributed by atoms with van der Waals surface area (Å²) in [6.45, 7) is 0. The molecule has 3 aromatic rings. The number of nitrogens with zero attached hydrogens (tertiary/aromatic N) is 1. The number of halogens is 1. The summed E-state index contributed by atoms with van der Waals surface area (Å²) in [7, 11) is 1.50. The molecule has 122 valence electrons. The number of non-ortho nitro benzene ring substituents is 1. The maximum Gasteiger partial charge on any atom is 0.313 e. The van der Waals surface area contributed by atoms with Gasteiger partial charge in [0.2, 0.25) is 16.8 Å². The Morgan fingerprint density at radius 2 is 1.92 bits per heavy atom. The second-order valence-corrected chi connectivity index (χ2v) is 5.33. The topological polar surface area (TPSA) is 103 Å². The second-order valence-electron chi connectivity index (χ2n) is 4.90. The van der Waals surface area contributed by atoms with Crippen LogP contribution >= 0.6 is 11.6 Å². The van der Waals surface area contributed by atoms with E-state index in [4.69, 9.17) is 20.8 Å². The standard InChI is InChI=1S/C16H10ClNO6/c1-23-10-4-2-8(3-5-10)15-14(20)13(19)11-6-9(17)7-12(18(21)22)16(11)24-15/h2-7,20H,1H3. The van der Waals surface area contributed by atoms with Crippen LogP contribution in [0.5, 0.6) is 11.5 Å². The summed E-state index contributed by atoms with van der Waals surface area (Å²) in [5.41, 5.74) is -1.13. The van der Waals surface area contributed by atoms with Crippen molar-refractivity contribution < 1.29 is 19.2 Å². The Morgan fingerprint density at radius 1 is 1.25 bits per heavy atom. The number of hydrogen-bond acceptors (Lipinski definition) is 6. The molecule has 0 aliphatic rings. The molecule has 0 saturated heterocycles. The number of nitro groups is 1. The average Bonchev–Trinajstić information content (AvgIpc) is 2.58. The summed E-state index contributed by atoms with van der Waals surface area (Å²) >= 11 is 5.80. The number of ether oxygens (including phenoxy) is 1. The molecule has 0 bridgehead atoms. The van der Waals surface area contributed by atoms with Crippen LogP contribution in [0.1, 0.15) is 0 Å². The van der Waals surface area contributed by atoms with E-state index < -0.39 is 21.8 Å². The number of fused-ring (bicyclic) bond motifs is 1. The zero-order valence-electron chi connectivity index (χ0n) is 12.3. The van der Waals surface area contributed by atoms with Gasteiger partial charge in [-0.1, -0.05) is 11.6 Å². The zero-order valence-corrected chi connectivity index (χ0v) is 13.0. The van der Waals surface area contributed by atoms with E-state index >= 15 is 0 Å². The minimum Gasteiger partial charge on any atom is -0.502 e. The minimum absolute atomic E-state index is 0.00176. The molecule has 1 aromatic heterocycles. The van der Waals surface area contributed by atoms with Gasteiger partial charge in [-0.25, -0.2) is 0 Å². The first-order valence-electron chi connectivity index (χ1n) is 6.70. The van der Waals surface area contributed by atoms with E-state index in [0.29, 0.717) is 11.3 Å². The molecule has 2 aromatic carbocycles. The third-order valence-electron chi connectivity index (χ3n) is 3.46. The molecule has 0 aliphatic carbocycles. The molecule has 0 saturated carbocycles. The summed E-state index contributed by atoms with van der Waals surface area (Å²) in [5, 5.41) is 21.2. The molecule has 0 amide bonds. The molecular weight excluding hydrogens is 338 g/mol. The summed E-state index contributed by atoms with van der Waals surface area (Å²) in [6, 6.07) is 8.63.